The number of aromatic carboxylic acids is 1. The first-order valence-corrected chi connectivity index (χ1v) is 10.2. The van der Waals surface area contributed by atoms with Crippen LogP contribution in [0.5, 0.6) is 0 Å². The van der Waals surface area contributed by atoms with Crippen LogP contribution in [0.1, 0.15) is 35.9 Å². The number of piperidine rings is 1. The molecule has 1 aliphatic rings. The molecule has 1 aromatic heterocycles. The van der Waals surface area contributed by atoms with Gasteiger partial charge in [0, 0.05) is 17.3 Å². The number of nitrogens with two attached hydrogens (primary N) is 1. The fraction of sp³-hybridized carbons (Fsp3) is 0.421. The van der Waals surface area contributed by atoms with Gasteiger partial charge in [0.2, 0.25) is 0 Å². The van der Waals surface area contributed by atoms with E-state index in [2.05, 4.69) is 31.6 Å². The number of nitrogens with zero attached hydrogens (tertiary/aromatic N) is 3. The molecular weight excluding hydrogens is 460 g/mol. The third kappa shape index (κ3) is 6.63. The van der Waals surface area contributed by atoms with E-state index in [-0.39, 0.29) is 17.6 Å². The normalized spacial score (nSPS) is 13.8. The van der Waals surface area contributed by atoms with Crippen LogP contribution in [0.25, 0.3) is 5.69 Å². The van der Waals surface area contributed by atoms with Crippen molar-refractivity contribution in [2.75, 3.05) is 19.7 Å². The molecule has 1 fully saturated rings. The average molecular weight is 483 g/mol. The minimum Gasteiger partial charge on any atom is -0.543 e. The summed E-state index contributed by atoms with van der Waals surface area (Å²) >= 11 is 3.26. The molecule has 0 bridgehead atoms. The lowest BCUT2D eigenvalue weighted by Crippen LogP contribution is -2.86. The molecule has 3 N–H and O–H groups in total. The summed E-state index contributed by atoms with van der Waals surface area (Å²) in [6.07, 6.45) is 1.46. The van der Waals surface area contributed by atoms with Crippen molar-refractivity contribution < 1.29 is 34.7 Å². The van der Waals surface area contributed by atoms with Crippen LogP contribution < -0.4 is 10.4 Å². The maximum Gasteiger partial charge on any atom is 0.309 e. The zero-order valence-corrected chi connectivity index (χ0v) is 18.0. The van der Waals surface area contributed by atoms with E-state index in [4.69, 9.17) is 9.84 Å². The maximum absolute atomic E-state index is 11.2. The number of rotatable bonds is 6. The van der Waals surface area contributed by atoms with Crippen LogP contribution in [0.2, 0.25) is 0 Å². The molecule has 1 aliphatic heterocycles. The number of carboxylic acids is 2. The third-order valence-electron chi connectivity index (χ3n) is 4.40. The zero-order valence-electron chi connectivity index (χ0n) is 16.4. The van der Waals surface area contributed by atoms with E-state index in [1.807, 2.05) is 6.92 Å². The number of ether oxygens (including phenoxy) is 1. The Morgan fingerprint density at radius 2 is 1.90 bits per heavy atom. The number of carbonyl (C=O) groups is 3. The van der Waals surface area contributed by atoms with Crippen molar-refractivity contribution in [3.8, 4) is 5.69 Å². The Kier molecular flexibility index (Phi) is 8.93. The highest BCUT2D eigenvalue weighted by Crippen LogP contribution is 2.17. The second-order valence-electron chi connectivity index (χ2n) is 6.52. The van der Waals surface area contributed by atoms with E-state index in [1.54, 1.807) is 24.3 Å². The topological polar surface area (TPSA) is 151 Å². The molecule has 2 aromatic rings. The molecule has 0 atom stereocenters. The molecule has 2 heterocycles. The predicted molar refractivity (Wildman–Crippen MR) is 106 cm³/mol. The molecule has 3 rings (SSSR count). The first kappa shape index (κ1) is 23.5. The number of carbonyl (C=O) groups excluding carboxylic acids is 2. The lowest BCUT2D eigenvalue weighted by molar-refractivity contribution is -0.664. The molecule has 11 heteroatoms. The number of carboxylic acid groups (broad SMARTS) is 2. The molecule has 0 radical (unpaired) electrons. The van der Waals surface area contributed by atoms with E-state index < -0.39 is 24.1 Å². The number of benzene rings is 1. The summed E-state index contributed by atoms with van der Waals surface area (Å²) in [5, 5.41) is 29.0. The van der Waals surface area contributed by atoms with E-state index in [9.17, 15) is 19.5 Å². The Morgan fingerprint density at radius 3 is 2.43 bits per heavy atom. The van der Waals surface area contributed by atoms with Crippen molar-refractivity contribution in [1.82, 2.24) is 15.0 Å². The molecular formula is C19H23BrN4O6. The van der Waals surface area contributed by atoms with Crippen LogP contribution in [0, 0.1) is 5.92 Å². The SMILES string of the molecule is CCOC(=O)C1CC[NH2+]CC1.O=C(O)Cc1c(C(=O)[O-])nnn1-c1ccc(Br)cc1. The van der Waals surface area contributed by atoms with Gasteiger partial charge in [-0.3, -0.25) is 9.59 Å². The summed E-state index contributed by atoms with van der Waals surface area (Å²) in [5.41, 5.74) is 0.0135. The molecule has 162 valence electrons. The van der Waals surface area contributed by atoms with E-state index >= 15 is 0 Å². The maximum atomic E-state index is 11.2. The highest BCUT2D eigenvalue weighted by molar-refractivity contribution is 9.10. The van der Waals surface area contributed by atoms with Crippen LogP contribution in [0.4, 0.5) is 0 Å². The Hall–Kier alpha value is -2.79. The summed E-state index contributed by atoms with van der Waals surface area (Å²) in [4.78, 5) is 32.8. The van der Waals surface area contributed by atoms with E-state index in [0.717, 1.165) is 30.4 Å². The number of aliphatic carboxylic acids is 1. The highest BCUT2D eigenvalue weighted by Gasteiger charge is 2.23. The fourth-order valence-corrected chi connectivity index (χ4v) is 3.24. The van der Waals surface area contributed by atoms with Crippen LogP contribution >= 0.6 is 15.9 Å². The molecule has 1 aromatic carbocycles. The Morgan fingerprint density at radius 1 is 1.27 bits per heavy atom. The van der Waals surface area contributed by atoms with Gasteiger partial charge in [-0.2, -0.15) is 0 Å². The quantitative estimate of drug-likeness (QED) is 0.524. The van der Waals surface area contributed by atoms with Crippen LogP contribution in [-0.4, -0.2) is 57.7 Å². The van der Waals surface area contributed by atoms with Crippen molar-refractivity contribution in [3.63, 3.8) is 0 Å². The highest BCUT2D eigenvalue weighted by atomic mass is 79.9. The lowest BCUT2D eigenvalue weighted by Gasteiger charge is -2.18. The van der Waals surface area contributed by atoms with Crippen molar-refractivity contribution in [2.24, 2.45) is 5.92 Å². The lowest BCUT2D eigenvalue weighted by atomic mass is 9.99. The Bertz CT molecular complexity index is 878. The summed E-state index contributed by atoms with van der Waals surface area (Å²) in [5.74, 6) is -2.55. The van der Waals surface area contributed by atoms with Gasteiger partial charge >= 0.3 is 11.9 Å². The Balaban J connectivity index is 0.000000248. The average Bonchev–Trinajstić information content (AvgIpc) is 3.13. The van der Waals surface area contributed by atoms with Gasteiger partial charge in [0.15, 0.2) is 0 Å². The third-order valence-corrected chi connectivity index (χ3v) is 4.93. The Labute approximate surface area is 181 Å². The second-order valence-corrected chi connectivity index (χ2v) is 7.44. The molecule has 30 heavy (non-hydrogen) atoms. The van der Waals surface area contributed by atoms with Gasteiger partial charge in [-0.15, -0.1) is 5.10 Å². The summed E-state index contributed by atoms with van der Waals surface area (Å²) in [7, 11) is 0. The van der Waals surface area contributed by atoms with Crippen molar-refractivity contribution in [2.45, 2.75) is 26.2 Å². The number of aromatic nitrogens is 3. The van der Waals surface area contributed by atoms with Gasteiger partial charge in [0.25, 0.3) is 0 Å². The van der Waals surface area contributed by atoms with Gasteiger partial charge in [-0.1, -0.05) is 21.1 Å². The summed E-state index contributed by atoms with van der Waals surface area (Å²) in [6.45, 7) is 4.51. The van der Waals surface area contributed by atoms with Crippen molar-refractivity contribution in [3.05, 3.63) is 40.1 Å². The van der Waals surface area contributed by atoms with E-state index in [0.29, 0.717) is 12.3 Å². The van der Waals surface area contributed by atoms with Crippen LogP contribution in [-0.2, 0) is 20.7 Å². The van der Waals surface area contributed by atoms with Crippen molar-refractivity contribution >= 4 is 33.8 Å². The smallest absolute Gasteiger partial charge is 0.309 e. The number of hydrogen-bond donors (Lipinski definition) is 2. The van der Waals surface area contributed by atoms with Crippen molar-refractivity contribution in [1.29, 1.82) is 0 Å². The summed E-state index contributed by atoms with van der Waals surface area (Å²) < 4.78 is 6.93. The molecule has 0 saturated carbocycles. The molecule has 1 saturated heterocycles. The van der Waals surface area contributed by atoms with Gasteiger partial charge in [-0.25, -0.2) is 4.68 Å². The zero-order chi connectivity index (χ0) is 22.1. The molecule has 0 amide bonds. The van der Waals surface area contributed by atoms with E-state index in [1.165, 1.54) is 4.68 Å². The minimum atomic E-state index is -1.56. The standard InChI is InChI=1S/C11H8BrN3O4.C8H15NO2/c12-6-1-3-7(4-2-6)15-8(5-9(16)17)10(11(18)19)13-14-15;1-2-11-8(10)7-3-5-9-6-4-7/h1-4H,5H2,(H,16,17)(H,18,19);7,9H,2-6H2,1H3. The van der Waals surface area contributed by atoms with Gasteiger partial charge in [0.1, 0.15) is 5.69 Å². The van der Waals surface area contributed by atoms with Gasteiger partial charge in [-0.05, 0) is 31.2 Å². The first-order valence-electron chi connectivity index (χ1n) is 9.45. The van der Waals surface area contributed by atoms with Gasteiger partial charge < -0.3 is 25.1 Å². The number of halogens is 1. The van der Waals surface area contributed by atoms with Crippen LogP contribution in [0.15, 0.2) is 28.7 Å². The monoisotopic (exact) mass is 482 g/mol. The number of esters is 1. The van der Waals surface area contributed by atoms with Crippen LogP contribution in [0.3, 0.4) is 0 Å². The van der Waals surface area contributed by atoms with Gasteiger partial charge in [0.05, 0.1) is 49.4 Å². The minimum absolute atomic E-state index is 0.000556. The number of hydrogen-bond acceptors (Lipinski definition) is 7. The summed E-state index contributed by atoms with van der Waals surface area (Å²) in [6, 6.07) is 6.76. The molecule has 0 spiro atoms. The molecule has 0 aliphatic carbocycles. The second kappa shape index (κ2) is 11.4. The largest absolute Gasteiger partial charge is 0.543 e. The first-order chi connectivity index (χ1) is 14.3. The molecule has 10 nitrogen and oxygen atoms in total. The fourth-order valence-electron chi connectivity index (χ4n) is 2.97. The number of quaternary nitrogens is 1. The molecule has 0 unspecified atom stereocenters. The predicted octanol–water partition coefficient (Wildman–Crippen LogP) is -0.457.